The lowest BCUT2D eigenvalue weighted by atomic mass is 9.44. The summed E-state index contributed by atoms with van der Waals surface area (Å²) >= 11 is 6.23. The number of rotatable bonds is 9. The van der Waals surface area contributed by atoms with E-state index in [1.54, 1.807) is 18.2 Å². The summed E-state index contributed by atoms with van der Waals surface area (Å²) in [6, 6.07) is 13.9. The van der Waals surface area contributed by atoms with Crippen molar-refractivity contribution in [2.24, 2.45) is 22.2 Å². The highest BCUT2D eigenvalue weighted by atomic mass is 35.5. The topological polar surface area (TPSA) is 137 Å². The van der Waals surface area contributed by atoms with E-state index >= 15 is 0 Å². The van der Waals surface area contributed by atoms with Crippen LogP contribution in [0, 0.1) is 33.5 Å². The molecule has 0 aromatic heterocycles. The van der Waals surface area contributed by atoms with Gasteiger partial charge >= 0.3 is 0 Å². The van der Waals surface area contributed by atoms with E-state index in [-0.39, 0.29) is 65.6 Å². The van der Waals surface area contributed by atoms with Gasteiger partial charge in [-0.15, -0.1) is 0 Å². The Balaban J connectivity index is 0.989. The van der Waals surface area contributed by atoms with Crippen molar-refractivity contribution in [2.45, 2.75) is 78.4 Å². The molecule has 6 rings (SSSR count). The summed E-state index contributed by atoms with van der Waals surface area (Å²) < 4.78 is 6.37. The molecule has 1 atom stereocenters. The van der Waals surface area contributed by atoms with Gasteiger partial charge in [0.15, 0.2) is 5.78 Å². The van der Waals surface area contributed by atoms with Crippen LogP contribution in [0.1, 0.15) is 87.7 Å². The second-order valence-corrected chi connectivity index (χ2v) is 15.8. The zero-order valence-corrected chi connectivity index (χ0v) is 29.7. The highest BCUT2D eigenvalue weighted by molar-refractivity contribution is 6.31. The molecule has 1 N–H and O–H groups in total. The molecule has 3 saturated heterocycles. The number of halogens is 1. The second-order valence-electron chi connectivity index (χ2n) is 15.4. The smallest absolute Gasteiger partial charge is 0.249 e. The molecule has 3 aliphatic heterocycles. The molecule has 50 heavy (non-hydrogen) atoms. The third-order valence-corrected chi connectivity index (χ3v) is 11.8. The molecule has 0 radical (unpaired) electrons. The zero-order chi connectivity index (χ0) is 36.0. The fourth-order valence-corrected chi connectivity index (χ4v) is 9.06. The van der Waals surface area contributed by atoms with Crippen molar-refractivity contribution < 1.29 is 28.7 Å². The average molecular weight is 699 g/mol. The van der Waals surface area contributed by atoms with Crippen LogP contribution in [0.3, 0.4) is 0 Å². The summed E-state index contributed by atoms with van der Waals surface area (Å²) in [5, 5.41) is 11.8. The molecule has 1 unspecified atom stereocenters. The number of ketones is 1. The van der Waals surface area contributed by atoms with E-state index in [2.05, 4.69) is 50.1 Å². The van der Waals surface area contributed by atoms with Crippen molar-refractivity contribution in [1.29, 1.82) is 5.26 Å². The Labute approximate surface area is 297 Å². The van der Waals surface area contributed by atoms with Crippen LogP contribution >= 0.6 is 11.6 Å². The van der Waals surface area contributed by atoms with Gasteiger partial charge in [-0.2, -0.15) is 5.26 Å². The number of amides is 4. The Bertz CT molecular complexity index is 1790. The predicted octanol–water partition coefficient (Wildman–Crippen LogP) is 5.57. The number of imide groups is 2. The Morgan fingerprint density at radius 1 is 1.04 bits per heavy atom. The number of carbonyl (C=O) groups excluding carboxylic acids is 5. The van der Waals surface area contributed by atoms with Gasteiger partial charge in [0.2, 0.25) is 23.6 Å². The third-order valence-electron chi connectivity index (χ3n) is 11.5. The second kappa shape index (κ2) is 13.4. The molecular formula is C39H43ClN4O6. The van der Waals surface area contributed by atoms with Gasteiger partial charge in [-0.3, -0.25) is 39.1 Å². The normalized spacial score (nSPS) is 25.8. The van der Waals surface area contributed by atoms with E-state index in [9.17, 15) is 29.2 Å². The number of ether oxygens (including phenoxy) is 1. The summed E-state index contributed by atoms with van der Waals surface area (Å²) in [7, 11) is 0. The van der Waals surface area contributed by atoms with Gasteiger partial charge in [0.1, 0.15) is 24.0 Å². The highest BCUT2D eigenvalue weighted by Crippen LogP contribution is 2.61. The van der Waals surface area contributed by atoms with Crippen LogP contribution in [0.15, 0.2) is 48.5 Å². The van der Waals surface area contributed by atoms with Gasteiger partial charge in [0.25, 0.3) is 0 Å². The van der Waals surface area contributed by atoms with Crippen LogP contribution in [-0.4, -0.2) is 71.0 Å². The maximum Gasteiger partial charge on any atom is 0.249 e. The monoisotopic (exact) mass is 698 g/mol. The van der Waals surface area contributed by atoms with Crippen molar-refractivity contribution in [3.8, 4) is 11.8 Å². The van der Waals surface area contributed by atoms with Gasteiger partial charge in [0, 0.05) is 48.3 Å². The summed E-state index contributed by atoms with van der Waals surface area (Å²) in [4.78, 5) is 67.0. The Hall–Kier alpha value is -4.33. The van der Waals surface area contributed by atoms with Crippen LogP contribution < -0.4 is 10.1 Å². The van der Waals surface area contributed by atoms with Crippen LogP contribution in [0.2, 0.25) is 5.02 Å². The average Bonchev–Trinajstić information content (AvgIpc) is 3.31. The van der Waals surface area contributed by atoms with E-state index in [0.29, 0.717) is 60.8 Å². The van der Waals surface area contributed by atoms with E-state index in [1.165, 1.54) is 0 Å². The lowest BCUT2D eigenvalue weighted by molar-refractivity contribution is -0.196. The van der Waals surface area contributed by atoms with Crippen molar-refractivity contribution in [1.82, 2.24) is 15.1 Å². The number of carbonyl (C=O) groups is 5. The van der Waals surface area contributed by atoms with Crippen LogP contribution in [-0.2, 0) is 19.2 Å². The molecule has 262 valence electrons. The van der Waals surface area contributed by atoms with Crippen molar-refractivity contribution >= 4 is 47.1 Å². The van der Waals surface area contributed by atoms with Gasteiger partial charge in [-0.1, -0.05) is 75.7 Å². The number of Topliss-reactive ketones (excluding diaryl/α,β-unsaturated/α-hetero) is 1. The lowest BCUT2D eigenvalue weighted by Gasteiger charge is -2.63. The number of hydrogen-bond acceptors (Lipinski definition) is 8. The number of nitrogens with one attached hydrogen (secondary N) is 1. The minimum Gasteiger partial charge on any atom is -0.489 e. The Kier molecular flexibility index (Phi) is 9.53. The van der Waals surface area contributed by atoms with Gasteiger partial charge in [-0.25, -0.2) is 0 Å². The molecular weight excluding hydrogens is 656 g/mol. The molecule has 4 fully saturated rings. The molecule has 4 aliphatic rings. The van der Waals surface area contributed by atoms with Crippen molar-refractivity contribution in [3.63, 3.8) is 0 Å². The first-order chi connectivity index (χ1) is 23.7. The summed E-state index contributed by atoms with van der Waals surface area (Å²) in [6.45, 7) is 10.5. The first kappa shape index (κ1) is 35.5. The molecule has 2 aromatic carbocycles. The Morgan fingerprint density at radius 3 is 2.34 bits per heavy atom. The summed E-state index contributed by atoms with van der Waals surface area (Å²) in [5.74, 6) is -0.767. The summed E-state index contributed by atoms with van der Waals surface area (Å²) in [6.07, 6.45) is 5.82. The molecule has 4 amide bonds. The molecule has 1 saturated carbocycles. The highest BCUT2D eigenvalue weighted by Gasteiger charge is 2.63. The maximum absolute atomic E-state index is 13.4. The first-order valence-electron chi connectivity index (χ1n) is 17.2. The van der Waals surface area contributed by atoms with Crippen LogP contribution in [0.4, 0.5) is 0 Å². The maximum atomic E-state index is 13.4. The molecule has 0 bridgehead atoms. The molecule has 10 nitrogen and oxygen atoms in total. The zero-order valence-electron chi connectivity index (χ0n) is 29.0. The van der Waals surface area contributed by atoms with Gasteiger partial charge < -0.3 is 4.74 Å². The molecule has 2 aromatic rings. The predicted molar refractivity (Wildman–Crippen MR) is 187 cm³/mol. The van der Waals surface area contributed by atoms with Gasteiger partial charge in [-0.05, 0) is 56.0 Å². The number of nitriles is 1. The molecule has 3 heterocycles. The third kappa shape index (κ3) is 6.49. The number of likely N-dealkylation sites (tertiary alicyclic amines) is 2. The molecule has 1 spiro atoms. The van der Waals surface area contributed by atoms with Crippen LogP contribution in [0.5, 0.6) is 5.75 Å². The number of hydrogen-bond donors (Lipinski definition) is 1. The van der Waals surface area contributed by atoms with Crippen molar-refractivity contribution in [3.05, 3.63) is 70.3 Å². The Morgan fingerprint density at radius 2 is 1.72 bits per heavy atom. The fourth-order valence-electron chi connectivity index (χ4n) is 8.85. The number of benzene rings is 2. The first-order valence-corrected chi connectivity index (χ1v) is 17.6. The minimum absolute atomic E-state index is 0.0879. The fraction of sp³-hybridized carbons (Fsp3) is 0.487. The van der Waals surface area contributed by atoms with E-state index in [4.69, 9.17) is 16.3 Å². The minimum atomic E-state index is -0.903. The number of piperidine rings is 2. The summed E-state index contributed by atoms with van der Waals surface area (Å²) in [5.41, 5.74) is 0.744. The van der Waals surface area contributed by atoms with E-state index in [1.807, 2.05) is 30.3 Å². The van der Waals surface area contributed by atoms with Gasteiger partial charge in [0.05, 0.1) is 16.0 Å². The quantitative estimate of drug-likeness (QED) is 0.265. The number of nitrogens with zero attached hydrogens (tertiary/aromatic N) is 3. The van der Waals surface area contributed by atoms with Crippen LogP contribution in [0.25, 0.3) is 6.08 Å². The van der Waals surface area contributed by atoms with Crippen molar-refractivity contribution in [2.75, 3.05) is 19.6 Å². The molecule has 1 aliphatic carbocycles. The standard InChI is InChI=1S/C39H43ClN4O6/c1-37(2)31(38(3,4)35(37)50-27-12-11-26(23-41)28(40)20-27)21-30(45)25-9-7-24(8-10-25)6-5-17-43-18-15-39(16-19-43)22-33(47)44(36(39)49)29-13-14-32(46)42-34(29)48/h5-12,20,29,31,35H,13-19,21-22H2,1-4H3,(H,42,46,48)/b6-5+. The lowest BCUT2D eigenvalue weighted by Crippen LogP contribution is -2.66. The molecule has 11 heteroatoms. The SMILES string of the molecule is CC1(C)C(CC(=O)c2ccc(/C=C/CN3CCC4(CC3)CC(=O)N(C3CCC(=O)NC3=O)C4=O)cc2)C(C)(C)C1Oc1ccc(C#N)c(Cl)c1. The van der Waals surface area contributed by atoms with E-state index < -0.39 is 17.4 Å². The van der Waals surface area contributed by atoms with E-state index in [0.717, 1.165) is 10.5 Å². The largest absolute Gasteiger partial charge is 0.489 e.